The third-order valence-corrected chi connectivity index (χ3v) is 7.51. The van der Waals surface area contributed by atoms with Crippen molar-refractivity contribution in [3.8, 4) is 0 Å². The quantitative estimate of drug-likeness (QED) is 0.286. The molecule has 8 nitrogen and oxygen atoms in total. The van der Waals surface area contributed by atoms with Crippen LogP contribution in [0, 0.1) is 0 Å². The summed E-state index contributed by atoms with van der Waals surface area (Å²) in [5.41, 5.74) is 3.51. The summed E-state index contributed by atoms with van der Waals surface area (Å²) in [5, 5.41) is 21.1. The minimum atomic E-state index is -0.776. The van der Waals surface area contributed by atoms with Crippen molar-refractivity contribution >= 4 is 17.6 Å². The fraction of sp³-hybridized carbons (Fsp3) is 0.548. The number of aliphatic hydroxyl groups is 1. The number of nitrogens with one attached hydrogen (secondary N) is 1. The third-order valence-electron chi connectivity index (χ3n) is 7.51. The van der Waals surface area contributed by atoms with Gasteiger partial charge in [0.05, 0.1) is 18.8 Å². The third kappa shape index (κ3) is 9.42. The number of benzene rings is 2. The fourth-order valence-corrected chi connectivity index (χ4v) is 5.36. The van der Waals surface area contributed by atoms with Gasteiger partial charge in [0.15, 0.2) is 6.29 Å². The van der Waals surface area contributed by atoms with Crippen LogP contribution in [-0.4, -0.2) is 52.7 Å². The van der Waals surface area contributed by atoms with Crippen LogP contribution in [0.5, 0.6) is 0 Å². The number of carboxylic acids is 1. The predicted molar refractivity (Wildman–Crippen MR) is 149 cm³/mol. The standard InChI is InChI=1S/C31H42N2O6/c34-22-23-13-15-24(16-14-23)28-20-27(21-33-17-6-3-7-18-33)38-31(39-28)25-9-8-10-26(19-25)32-29(35)11-4-1-2-5-12-30(36)37/h8-10,13-16,19,27-28,31,34H,1-7,11-12,17-18,20-22H2,(H,32,35)(H,36,37)/t27-,28+,31+/m0/s1. The maximum Gasteiger partial charge on any atom is 0.303 e. The number of anilines is 1. The number of carboxylic acid groups (broad SMARTS) is 1. The average Bonchev–Trinajstić information content (AvgIpc) is 2.95. The van der Waals surface area contributed by atoms with Crippen LogP contribution < -0.4 is 5.32 Å². The maximum atomic E-state index is 12.5. The van der Waals surface area contributed by atoms with E-state index in [1.807, 2.05) is 48.5 Å². The van der Waals surface area contributed by atoms with E-state index in [1.165, 1.54) is 19.3 Å². The summed E-state index contributed by atoms with van der Waals surface area (Å²) in [7, 11) is 0. The van der Waals surface area contributed by atoms with Crippen molar-refractivity contribution in [2.24, 2.45) is 0 Å². The van der Waals surface area contributed by atoms with E-state index in [-0.39, 0.29) is 31.1 Å². The van der Waals surface area contributed by atoms with E-state index in [0.29, 0.717) is 18.5 Å². The summed E-state index contributed by atoms with van der Waals surface area (Å²) in [6.07, 6.45) is 7.43. The van der Waals surface area contributed by atoms with Crippen molar-refractivity contribution in [2.75, 3.05) is 25.0 Å². The molecule has 2 heterocycles. The van der Waals surface area contributed by atoms with E-state index in [9.17, 15) is 14.7 Å². The van der Waals surface area contributed by atoms with Crippen LogP contribution in [0.4, 0.5) is 5.69 Å². The van der Waals surface area contributed by atoms with E-state index >= 15 is 0 Å². The summed E-state index contributed by atoms with van der Waals surface area (Å²) in [4.78, 5) is 25.6. The monoisotopic (exact) mass is 538 g/mol. The summed E-state index contributed by atoms with van der Waals surface area (Å²) in [5.74, 6) is -0.831. The second-order valence-electron chi connectivity index (χ2n) is 10.7. The molecule has 0 saturated carbocycles. The first kappa shape index (κ1) is 29.2. The molecule has 0 aliphatic carbocycles. The molecule has 0 radical (unpaired) electrons. The fourth-order valence-electron chi connectivity index (χ4n) is 5.36. The lowest BCUT2D eigenvalue weighted by atomic mass is 9.99. The largest absolute Gasteiger partial charge is 0.481 e. The molecule has 0 bridgehead atoms. The molecule has 4 rings (SSSR count). The van der Waals surface area contributed by atoms with Gasteiger partial charge in [0.25, 0.3) is 0 Å². The number of hydrogen-bond donors (Lipinski definition) is 3. The van der Waals surface area contributed by atoms with E-state index < -0.39 is 12.3 Å². The number of aliphatic hydroxyl groups excluding tert-OH is 1. The molecule has 0 spiro atoms. The molecule has 212 valence electrons. The Morgan fingerprint density at radius 3 is 2.36 bits per heavy atom. The highest BCUT2D eigenvalue weighted by atomic mass is 16.7. The van der Waals surface area contributed by atoms with E-state index in [4.69, 9.17) is 14.6 Å². The molecule has 3 N–H and O–H groups in total. The lowest BCUT2D eigenvalue weighted by Crippen LogP contribution is -2.41. The molecular weight excluding hydrogens is 496 g/mol. The van der Waals surface area contributed by atoms with Gasteiger partial charge in [-0.3, -0.25) is 9.59 Å². The first-order chi connectivity index (χ1) is 19.0. The Balaban J connectivity index is 1.38. The molecule has 2 aliphatic rings. The number of unbranched alkanes of at least 4 members (excludes halogenated alkanes) is 3. The zero-order valence-electron chi connectivity index (χ0n) is 22.7. The van der Waals surface area contributed by atoms with Crippen LogP contribution in [0.1, 0.15) is 93.3 Å². The van der Waals surface area contributed by atoms with E-state index in [1.54, 1.807) is 0 Å². The minimum absolute atomic E-state index is 0.0123. The van der Waals surface area contributed by atoms with Gasteiger partial charge < -0.3 is 29.9 Å². The normalized spacial score (nSPS) is 21.9. The molecule has 2 aliphatic heterocycles. The topological polar surface area (TPSA) is 108 Å². The Labute approximate surface area is 231 Å². The molecule has 3 atom stereocenters. The SMILES string of the molecule is O=C(O)CCCCCCC(=O)Nc1cccc([C@@H]2O[C@H](CN3CCCCC3)C[C@H](c3ccc(CO)cc3)O2)c1. The maximum absolute atomic E-state index is 12.5. The minimum Gasteiger partial charge on any atom is -0.481 e. The van der Waals surface area contributed by atoms with Crippen molar-refractivity contribution in [3.05, 3.63) is 65.2 Å². The number of ether oxygens (including phenoxy) is 2. The predicted octanol–water partition coefficient (Wildman–Crippen LogP) is 5.57. The highest BCUT2D eigenvalue weighted by Crippen LogP contribution is 2.38. The van der Waals surface area contributed by atoms with Crippen LogP contribution >= 0.6 is 0 Å². The van der Waals surface area contributed by atoms with Crippen molar-refractivity contribution in [1.29, 1.82) is 0 Å². The summed E-state index contributed by atoms with van der Waals surface area (Å²) in [6.45, 7) is 3.08. The number of carbonyl (C=O) groups is 2. The van der Waals surface area contributed by atoms with Crippen LogP contribution in [0.3, 0.4) is 0 Å². The molecule has 0 aromatic heterocycles. The highest BCUT2D eigenvalue weighted by molar-refractivity contribution is 5.90. The van der Waals surface area contributed by atoms with Gasteiger partial charge in [-0.15, -0.1) is 0 Å². The summed E-state index contributed by atoms with van der Waals surface area (Å²) < 4.78 is 13.0. The number of piperidine rings is 1. The van der Waals surface area contributed by atoms with Gasteiger partial charge in [-0.25, -0.2) is 0 Å². The van der Waals surface area contributed by atoms with Crippen LogP contribution in [0.2, 0.25) is 0 Å². The van der Waals surface area contributed by atoms with Gasteiger partial charge in [-0.05, 0) is 62.0 Å². The highest BCUT2D eigenvalue weighted by Gasteiger charge is 2.33. The number of rotatable bonds is 13. The smallest absolute Gasteiger partial charge is 0.303 e. The van der Waals surface area contributed by atoms with Crippen molar-refractivity contribution in [2.45, 2.75) is 89.3 Å². The lowest BCUT2D eigenvalue weighted by molar-refractivity contribution is -0.253. The van der Waals surface area contributed by atoms with Crippen molar-refractivity contribution in [1.82, 2.24) is 4.90 Å². The second-order valence-corrected chi connectivity index (χ2v) is 10.7. The first-order valence-electron chi connectivity index (χ1n) is 14.3. The molecule has 2 saturated heterocycles. The molecule has 39 heavy (non-hydrogen) atoms. The number of likely N-dealkylation sites (tertiary alicyclic amines) is 1. The number of hydrogen-bond acceptors (Lipinski definition) is 6. The van der Waals surface area contributed by atoms with Gasteiger partial charge in [0, 0.05) is 37.1 Å². The summed E-state index contributed by atoms with van der Waals surface area (Å²) in [6, 6.07) is 15.6. The number of aliphatic carboxylic acids is 1. The number of amides is 1. The van der Waals surface area contributed by atoms with Gasteiger partial charge in [0.2, 0.25) is 5.91 Å². The zero-order chi connectivity index (χ0) is 27.5. The Morgan fingerprint density at radius 2 is 1.64 bits per heavy atom. The molecule has 1 amide bonds. The van der Waals surface area contributed by atoms with Crippen LogP contribution in [-0.2, 0) is 25.7 Å². The van der Waals surface area contributed by atoms with Gasteiger partial charge in [-0.2, -0.15) is 0 Å². The Bertz CT molecular complexity index is 1050. The summed E-state index contributed by atoms with van der Waals surface area (Å²) >= 11 is 0. The first-order valence-corrected chi connectivity index (χ1v) is 14.3. The molecule has 2 fully saturated rings. The Morgan fingerprint density at radius 1 is 0.897 bits per heavy atom. The lowest BCUT2D eigenvalue weighted by Gasteiger charge is -2.39. The molecule has 8 heteroatoms. The molecule has 2 aromatic carbocycles. The average molecular weight is 539 g/mol. The van der Waals surface area contributed by atoms with E-state index in [2.05, 4.69) is 10.2 Å². The van der Waals surface area contributed by atoms with Gasteiger partial charge >= 0.3 is 5.97 Å². The molecular formula is C31H42N2O6. The van der Waals surface area contributed by atoms with Crippen LogP contribution in [0.15, 0.2) is 48.5 Å². The van der Waals surface area contributed by atoms with Crippen LogP contribution in [0.25, 0.3) is 0 Å². The molecule has 0 unspecified atom stereocenters. The Hall–Kier alpha value is -2.78. The Kier molecular flexibility index (Phi) is 11.3. The van der Waals surface area contributed by atoms with Gasteiger partial charge in [-0.1, -0.05) is 55.7 Å². The van der Waals surface area contributed by atoms with Gasteiger partial charge in [0.1, 0.15) is 0 Å². The number of carbonyl (C=O) groups excluding carboxylic acids is 1. The zero-order valence-corrected chi connectivity index (χ0v) is 22.7. The second kappa shape index (κ2) is 15.1. The van der Waals surface area contributed by atoms with E-state index in [0.717, 1.165) is 62.0 Å². The van der Waals surface area contributed by atoms with Crippen molar-refractivity contribution in [3.63, 3.8) is 0 Å². The molecule has 2 aromatic rings. The van der Waals surface area contributed by atoms with Crippen molar-refractivity contribution < 1.29 is 29.3 Å². The number of nitrogens with zero attached hydrogens (tertiary/aromatic N) is 1.